The maximum absolute atomic E-state index is 5.85. The minimum Gasteiger partial charge on any atom is -0.373 e. The van der Waals surface area contributed by atoms with Crippen LogP contribution in [0, 0.1) is 0 Å². The molecule has 0 bridgehead atoms. The Bertz CT molecular complexity index is 326. The molecule has 1 N–H and O–H groups in total. The molecular formula is C18H37N3O. The predicted molar refractivity (Wildman–Crippen MR) is 93.4 cm³/mol. The summed E-state index contributed by atoms with van der Waals surface area (Å²) in [6, 6.07) is 2.56. The van der Waals surface area contributed by atoms with Gasteiger partial charge >= 0.3 is 0 Å². The van der Waals surface area contributed by atoms with Crippen LogP contribution in [0.3, 0.4) is 0 Å². The standard InChI is InChI=1S/C18H37N3O/c1-13(2)20-9-14(3)19-18(12-20)8-7-15(4)21-10-16(5)22-17(6)11-21/h13-19H,7-12H2,1-6H3/t14-,15?,16-,17+,18+/m1/s1. The van der Waals surface area contributed by atoms with E-state index in [2.05, 4.69) is 56.7 Å². The third-order valence-electron chi connectivity index (χ3n) is 5.22. The zero-order chi connectivity index (χ0) is 16.3. The second-order valence-electron chi connectivity index (χ2n) is 7.95. The number of piperazine rings is 1. The van der Waals surface area contributed by atoms with Crippen LogP contribution in [0.15, 0.2) is 0 Å². The van der Waals surface area contributed by atoms with E-state index in [1.54, 1.807) is 0 Å². The second kappa shape index (κ2) is 8.09. The van der Waals surface area contributed by atoms with Gasteiger partial charge in [0, 0.05) is 50.3 Å². The van der Waals surface area contributed by atoms with E-state index in [0.29, 0.717) is 36.4 Å². The summed E-state index contributed by atoms with van der Waals surface area (Å²) in [6.07, 6.45) is 3.29. The molecule has 0 aromatic rings. The van der Waals surface area contributed by atoms with Gasteiger partial charge in [-0.15, -0.1) is 0 Å². The minimum atomic E-state index is 0.371. The van der Waals surface area contributed by atoms with Crippen LogP contribution in [-0.4, -0.2) is 72.4 Å². The van der Waals surface area contributed by atoms with Gasteiger partial charge in [-0.1, -0.05) is 0 Å². The van der Waals surface area contributed by atoms with Crippen LogP contribution in [0.2, 0.25) is 0 Å². The molecule has 5 atom stereocenters. The van der Waals surface area contributed by atoms with Crippen molar-refractivity contribution in [1.82, 2.24) is 15.1 Å². The van der Waals surface area contributed by atoms with Gasteiger partial charge in [-0.3, -0.25) is 9.80 Å². The van der Waals surface area contributed by atoms with Crippen LogP contribution >= 0.6 is 0 Å². The molecule has 0 amide bonds. The summed E-state index contributed by atoms with van der Waals surface area (Å²) in [5.41, 5.74) is 0. The van der Waals surface area contributed by atoms with Gasteiger partial charge in [0.15, 0.2) is 0 Å². The molecule has 0 saturated carbocycles. The summed E-state index contributed by atoms with van der Waals surface area (Å²) < 4.78 is 5.85. The molecule has 2 rings (SSSR count). The lowest BCUT2D eigenvalue weighted by molar-refractivity contribution is -0.0796. The van der Waals surface area contributed by atoms with Crippen molar-refractivity contribution in [3.05, 3.63) is 0 Å². The van der Waals surface area contributed by atoms with Crippen molar-refractivity contribution in [2.24, 2.45) is 0 Å². The van der Waals surface area contributed by atoms with E-state index in [-0.39, 0.29) is 0 Å². The van der Waals surface area contributed by atoms with E-state index < -0.39 is 0 Å². The first-order valence-electron chi connectivity index (χ1n) is 9.24. The lowest BCUT2D eigenvalue weighted by atomic mass is 10.0. The molecule has 22 heavy (non-hydrogen) atoms. The van der Waals surface area contributed by atoms with E-state index in [1.165, 1.54) is 25.9 Å². The first kappa shape index (κ1) is 18.2. The minimum absolute atomic E-state index is 0.371. The number of hydrogen-bond acceptors (Lipinski definition) is 4. The summed E-state index contributed by atoms with van der Waals surface area (Å²) in [5, 5.41) is 3.79. The number of nitrogens with one attached hydrogen (secondary N) is 1. The Morgan fingerprint density at radius 3 is 2.18 bits per heavy atom. The molecule has 4 heteroatoms. The van der Waals surface area contributed by atoms with Gasteiger partial charge in [0.1, 0.15) is 0 Å². The first-order valence-corrected chi connectivity index (χ1v) is 9.24. The fourth-order valence-electron chi connectivity index (χ4n) is 4.02. The summed E-state index contributed by atoms with van der Waals surface area (Å²) in [5.74, 6) is 0. The molecule has 0 radical (unpaired) electrons. The number of nitrogens with zero attached hydrogens (tertiary/aromatic N) is 2. The Kier molecular flexibility index (Phi) is 6.69. The van der Waals surface area contributed by atoms with Gasteiger partial charge in [-0.25, -0.2) is 0 Å². The number of ether oxygens (including phenoxy) is 1. The smallest absolute Gasteiger partial charge is 0.0678 e. The van der Waals surface area contributed by atoms with Gasteiger partial charge in [-0.05, 0) is 54.4 Å². The Morgan fingerprint density at radius 2 is 1.59 bits per heavy atom. The maximum atomic E-state index is 5.85. The molecule has 2 aliphatic rings. The van der Waals surface area contributed by atoms with Crippen molar-refractivity contribution in [1.29, 1.82) is 0 Å². The van der Waals surface area contributed by atoms with Crippen LogP contribution in [0.25, 0.3) is 0 Å². The van der Waals surface area contributed by atoms with Gasteiger partial charge in [-0.2, -0.15) is 0 Å². The van der Waals surface area contributed by atoms with Crippen molar-refractivity contribution in [3.8, 4) is 0 Å². The van der Waals surface area contributed by atoms with Gasteiger partial charge in [0.05, 0.1) is 12.2 Å². The highest BCUT2D eigenvalue weighted by molar-refractivity contribution is 4.86. The lowest BCUT2D eigenvalue weighted by Gasteiger charge is -2.42. The zero-order valence-corrected chi connectivity index (χ0v) is 15.5. The number of hydrogen-bond donors (Lipinski definition) is 1. The quantitative estimate of drug-likeness (QED) is 0.843. The Morgan fingerprint density at radius 1 is 0.955 bits per heavy atom. The van der Waals surface area contributed by atoms with Crippen LogP contribution < -0.4 is 5.32 Å². The van der Waals surface area contributed by atoms with Crippen LogP contribution in [-0.2, 0) is 4.74 Å². The Hall–Kier alpha value is -0.160. The van der Waals surface area contributed by atoms with E-state index >= 15 is 0 Å². The molecule has 0 spiro atoms. The number of morpholine rings is 1. The topological polar surface area (TPSA) is 27.7 Å². The average molecular weight is 312 g/mol. The third kappa shape index (κ3) is 5.19. The Labute approximate surface area is 137 Å². The summed E-state index contributed by atoms with van der Waals surface area (Å²) in [6.45, 7) is 18.3. The molecule has 0 aromatic heterocycles. The van der Waals surface area contributed by atoms with Crippen molar-refractivity contribution < 1.29 is 4.74 Å². The van der Waals surface area contributed by atoms with Crippen molar-refractivity contribution >= 4 is 0 Å². The predicted octanol–water partition coefficient (Wildman–Crippen LogP) is 2.34. The fraction of sp³-hybridized carbons (Fsp3) is 1.00. The van der Waals surface area contributed by atoms with Crippen LogP contribution in [0.4, 0.5) is 0 Å². The molecule has 0 aromatic carbocycles. The highest BCUT2D eigenvalue weighted by atomic mass is 16.5. The van der Waals surface area contributed by atoms with Crippen molar-refractivity contribution in [2.75, 3.05) is 26.2 Å². The molecule has 2 heterocycles. The van der Waals surface area contributed by atoms with E-state index in [1.807, 2.05) is 0 Å². The molecule has 2 aliphatic heterocycles. The van der Waals surface area contributed by atoms with Crippen LogP contribution in [0.5, 0.6) is 0 Å². The Balaban J connectivity index is 1.78. The van der Waals surface area contributed by atoms with Gasteiger partial charge in [0.25, 0.3) is 0 Å². The maximum Gasteiger partial charge on any atom is 0.0678 e. The molecule has 1 unspecified atom stereocenters. The molecule has 130 valence electrons. The molecule has 2 saturated heterocycles. The molecule has 4 nitrogen and oxygen atoms in total. The molecule has 2 fully saturated rings. The number of rotatable bonds is 5. The van der Waals surface area contributed by atoms with E-state index in [4.69, 9.17) is 4.74 Å². The van der Waals surface area contributed by atoms with Gasteiger partial charge < -0.3 is 10.1 Å². The fourth-order valence-corrected chi connectivity index (χ4v) is 4.02. The van der Waals surface area contributed by atoms with E-state index in [0.717, 1.165) is 13.1 Å². The highest BCUT2D eigenvalue weighted by Gasteiger charge is 2.28. The normalized spacial score (nSPS) is 36.7. The monoisotopic (exact) mass is 311 g/mol. The largest absolute Gasteiger partial charge is 0.373 e. The molecule has 0 aliphatic carbocycles. The summed E-state index contributed by atoms with van der Waals surface area (Å²) >= 11 is 0. The second-order valence-corrected chi connectivity index (χ2v) is 7.95. The van der Waals surface area contributed by atoms with Crippen LogP contribution in [0.1, 0.15) is 54.4 Å². The molecular weight excluding hydrogens is 274 g/mol. The lowest BCUT2D eigenvalue weighted by Crippen LogP contribution is -2.57. The SMILES string of the molecule is CC(C)N1C[C@H](CCC(C)N2C[C@@H](C)O[C@@H](C)C2)N[C@H](C)C1. The first-order chi connectivity index (χ1) is 10.3. The summed E-state index contributed by atoms with van der Waals surface area (Å²) in [7, 11) is 0. The highest BCUT2D eigenvalue weighted by Crippen LogP contribution is 2.18. The van der Waals surface area contributed by atoms with Crippen molar-refractivity contribution in [3.63, 3.8) is 0 Å². The van der Waals surface area contributed by atoms with Crippen molar-refractivity contribution in [2.45, 2.75) is 90.8 Å². The average Bonchev–Trinajstić information content (AvgIpc) is 2.43. The van der Waals surface area contributed by atoms with Gasteiger partial charge in [0.2, 0.25) is 0 Å². The zero-order valence-electron chi connectivity index (χ0n) is 15.5. The third-order valence-corrected chi connectivity index (χ3v) is 5.22. The van der Waals surface area contributed by atoms with E-state index in [9.17, 15) is 0 Å². The summed E-state index contributed by atoms with van der Waals surface area (Å²) in [4.78, 5) is 5.24.